The fourth-order valence-electron chi connectivity index (χ4n) is 1.74. The number of ketones is 3. The number of hydrogen-bond acceptors (Lipinski definition) is 10. The number of rotatable bonds is 4. The molecular formula is C44H89ClN2O7S2. The zero-order valence-corrected chi connectivity index (χ0v) is 43.6. The number of isocyanates is 1. The number of carbonyl (C=O) groups excluding carboxylic acids is 5. The normalized spacial score (nSPS) is 11.3. The van der Waals surface area contributed by atoms with Gasteiger partial charge in [0.2, 0.25) is 15.1 Å². The molecule has 0 heterocycles. The smallest absolute Gasteiger partial charge is 0.235 e. The van der Waals surface area contributed by atoms with Crippen LogP contribution < -0.4 is 0 Å². The largest absolute Gasteiger partial charge is 0.303 e. The van der Waals surface area contributed by atoms with Crippen molar-refractivity contribution in [3.05, 3.63) is 0 Å². The minimum absolute atomic E-state index is 0.0399. The van der Waals surface area contributed by atoms with E-state index in [-0.39, 0.29) is 44.3 Å². The van der Waals surface area contributed by atoms with Crippen molar-refractivity contribution >= 4 is 66.8 Å². The van der Waals surface area contributed by atoms with E-state index in [9.17, 15) is 32.4 Å². The molecule has 12 heteroatoms. The Labute approximate surface area is 357 Å². The highest BCUT2D eigenvalue weighted by atomic mass is 35.7. The molecule has 336 valence electrons. The van der Waals surface area contributed by atoms with Crippen LogP contribution in [0.25, 0.3) is 0 Å². The molecule has 0 aliphatic heterocycles. The molecule has 0 saturated heterocycles. The number of isothiocyanates is 1. The molecule has 0 aliphatic carbocycles. The van der Waals surface area contributed by atoms with E-state index >= 15 is 0 Å². The topological polar surface area (TPSA) is 144 Å². The monoisotopic (exact) mass is 857 g/mol. The van der Waals surface area contributed by atoms with Crippen LogP contribution in [0.1, 0.15) is 206 Å². The molecule has 0 aromatic carbocycles. The van der Waals surface area contributed by atoms with Crippen LogP contribution in [0.3, 0.4) is 0 Å². The molecule has 0 atom stereocenters. The first-order valence-electron chi connectivity index (χ1n) is 19.0. The van der Waals surface area contributed by atoms with E-state index in [2.05, 4.69) is 96.6 Å². The molecule has 0 unspecified atom stereocenters. The van der Waals surface area contributed by atoms with Crippen molar-refractivity contribution in [3.63, 3.8) is 0 Å². The van der Waals surface area contributed by atoms with Gasteiger partial charge < -0.3 is 9.59 Å². The lowest BCUT2D eigenvalue weighted by Gasteiger charge is -2.15. The summed E-state index contributed by atoms with van der Waals surface area (Å²) in [5, 5.41) is 1.85. The van der Waals surface area contributed by atoms with Gasteiger partial charge in [0.1, 0.15) is 23.6 Å². The molecule has 0 aromatic rings. The first kappa shape index (κ1) is 71.8. The lowest BCUT2D eigenvalue weighted by atomic mass is 9.89. The lowest BCUT2D eigenvalue weighted by Crippen LogP contribution is -2.15. The fourth-order valence-corrected chi connectivity index (χ4v) is 2.01. The van der Waals surface area contributed by atoms with Crippen LogP contribution in [0.15, 0.2) is 9.98 Å². The molecular weight excluding hydrogens is 768 g/mol. The summed E-state index contributed by atoms with van der Waals surface area (Å²) in [5.41, 5.74) is 0.280. The van der Waals surface area contributed by atoms with Crippen molar-refractivity contribution < 1.29 is 32.4 Å². The Kier molecular flexibility index (Phi) is 42.3. The SMILES string of the molecule is CC(=O)C(C)(C)C.CC(=O)CC(C)(C)C.CC(C)(C)C.CC(C)(C)C=O.CC(C)(C)N=C=O.CC(C)(C)N=C=S.CC(C)S(=O)(=O)Cl.CCC(=O)CC(C)(C)C. The van der Waals surface area contributed by atoms with Crippen molar-refractivity contribution in [1.82, 2.24) is 0 Å². The molecule has 56 heavy (non-hydrogen) atoms. The predicted molar refractivity (Wildman–Crippen MR) is 247 cm³/mol. The number of hydrogen-bond donors (Lipinski definition) is 0. The lowest BCUT2D eigenvalue weighted by molar-refractivity contribution is -0.124. The van der Waals surface area contributed by atoms with Crippen LogP contribution in [0.5, 0.6) is 0 Å². The predicted octanol–water partition coefficient (Wildman–Crippen LogP) is 13.3. The summed E-state index contributed by atoms with van der Waals surface area (Å²) in [6.45, 7) is 52.2. The van der Waals surface area contributed by atoms with Crippen molar-refractivity contribution in [2.24, 2.45) is 37.1 Å². The first-order chi connectivity index (χ1) is 23.9. The van der Waals surface area contributed by atoms with Crippen LogP contribution >= 0.6 is 22.9 Å². The average Bonchev–Trinajstić information content (AvgIpc) is 2.84. The molecule has 0 amide bonds. The van der Waals surface area contributed by atoms with E-state index in [0.717, 1.165) is 6.29 Å². The maximum atomic E-state index is 10.8. The quantitative estimate of drug-likeness (QED) is 0.0893. The summed E-state index contributed by atoms with van der Waals surface area (Å²) < 4.78 is 20.2. The summed E-state index contributed by atoms with van der Waals surface area (Å²) in [6, 6.07) is 0. The number of aliphatic imine (C=N–C) groups is 2. The second kappa shape index (κ2) is 33.0. The van der Waals surface area contributed by atoms with E-state index in [1.165, 1.54) is 19.9 Å². The van der Waals surface area contributed by atoms with E-state index in [4.69, 9.17) is 10.7 Å². The number of carbonyl (C=O) groups is 4. The van der Waals surface area contributed by atoms with Crippen LogP contribution in [0.2, 0.25) is 0 Å². The highest BCUT2D eigenvalue weighted by Crippen LogP contribution is 2.19. The van der Waals surface area contributed by atoms with Gasteiger partial charge in [-0.3, -0.25) is 9.59 Å². The third-order valence-electron chi connectivity index (χ3n) is 4.64. The molecule has 0 rings (SSSR count). The number of thiocarbonyl (C=S) groups is 1. The Morgan fingerprint density at radius 2 is 0.929 bits per heavy atom. The van der Waals surface area contributed by atoms with Gasteiger partial charge in [-0.1, -0.05) is 118 Å². The highest BCUT2D eigenvalue weighted by Gasteiger charge is 2.15. The van der Waals surface area contributed by atoms with Gasteiger partial charge >= 0.3 is 0 Å². The Hall–Kier alpha value is -1.90. The molecule has 0 radical (unpaired) electrons. The zero-order chi connectivity index (χ0) is 48.0. The van der Waals surface area contributed by atoms with Gasteiger partial charge in [0.05, 0.1) is 21.5 Å². The van der Waals surface area contributed by atoms with Gasteiger partial charge in [-0.15, -0.1) is 0 Å². The van der Waals surface area contributed by atoms with Crippen molar-refractivity contribution in [2.45, 2.75) is 223 Å². The van der Waals surface area contributed by atoms with Gasteiger partial charge in [-0.2, -0.15) is 0 Å². The van der Waals surface area contributed by atoms with Crippen LogP contribution in [0, 0.1) is 27.1 Å². The van der Waals surface area contributed by atoms with Gasteiger partial charge in [0.25, 0.3) is 0 Å². The molecule has 9 nitrogen and oxygen atoms in total. The van der Waals surface area contributed by atoms with Gasteiger partial charge in [0.15, 0.2) is 0 Å². The van der Waals surface area contributed by atoms with E-state index in [1.54, 1.807) is 13.8 Å². The number of halogens is 1. The Bertz CT molecular complexity index is 1210. The molecule has 0 N–H and O–H groups in total. The number of nitrogens with zero attached hydrogens (tertiary/aromatic N) is 2. The number of aldehydes is 1. The summed E-state index contributed by atoms with van der Waals surface area (Å²) in [4.78, 5) is 58.4. The Balaban J connectivity index is -0.0000000787. The van der Waals surface area contributed by atoms with Gasteiger partial charge in [-0.05, 0) is 97.7 Å². The summed E-state index contributed by atoms with van der Waals surface area (Å²) in [5.74, 6) is 0.882. The summed E-state index contributed by atoms with van der Waals surface area (Å²) >= 11 is 4.38. The van der Waals surface area contributed by atoms with Crippen molar-refractivity contribution in [1.29, 1.82) is 0 Å². The van der Waals surface area contributed by atoms with E-state index < -0.39 is 14.3 Å². The van der Waals surface area contributed by atoms with Crippen LogP contribution in [-0.4, -0.2) is 59.6 Å². The molecule has 0 saturated carbocycles. The molecule has 0 aliphatic rings. The average molecular weight is 858 g/mol. The highest BCUT2D eigenvalue weighted by molar-refractivity contribution is 8.14. The minimum atomic E-state index is -3.27. The van der Waals surface area contributed by atoms with Crippen LogP contribution in [0.4, 0.5) is 0 Å². The molecule has 0 fully saturated rings. The third-order valence-corrected chi connectivity index (χ3v) is 6.92. The first-order valence-corrected chi connectivity index (χ1v) is 21.8. The summed E-state index contributed by atoms with van der Waals surface area (Å²) in [6.07, 6.45) is 4.50. The zero-order valence-electron chi connectivity index (χ0n) is 41.2. The molecule has 0 bridgehead atoms. The van der Waals surface area contributed by atoms with Crippen LogP contribution in [-0.2, 0) is 33.0 Å². The standard InChI is InChI=1S/C8H16O.C7H14O.C6H12O.C5H9NO.C5H9NS.C5H10O.C5H12.C3H7ClO2S/c1-5-7(9)6-8(2,3)4;1-6(8)5-7(2,3)4;1-5(7)6(2,3)4;2*1-5(2,3)6-4-7;1-5(2,3)4-6;1-5(2,3)4;1-3(2)7(4,5)6/h5-6H2,1-4H3;5H2,1-4H3;1-4H3;2*1-3H3;4H,1-3H3;1-4H3;3H,1-2H3. The minimum Gasteiger partial charge on any atom is -0.303 e. The van der Waals surface area contributed by atoms with Crippen molar-refractivity contribution in [3.8, 4) is 0 Å². The maximum absolute atomic E-state index is 10.8. The Morgan fingerprint density at radius 1 is 0.679 bits per heavy atom. The van der Waals surface area contributed by atoms with E-state index in [1.807, 2.05) is 90.0 Å². The number of Topliss-reactive ketones (excluding diaryl/α,β-unsaturated/α-hetero) is 3. The summed E-state index contributed by atoms with van der Waals surface area (Å²) in [7, 11) is 1.57. The fraction of sp³-hybridized carbons (Fsp3) is 0.864. The van der Waals surface area contributed by atoms with Gasteiger partial charge in [0, 0.05) is 40.8 Å². The second-order valence-electron chi connectivity index (χ2n) is 21.6. The third kappa shape index (κ3) is 124. The molecule has 0 aromatic heterocycles. The van der Waals surface area contributed by atoms with Crippen molar-refractivity contribution in [2.75, 3.05) is 0 Å². The molecule has 0 spiro atoms. The maximum Gasteiger partial charge on any atom is 0.235 e. The Morgan fingerprint density at radius 3 is 0.946 bits per heavy atom. The van der Waals surface area contributed by atoms with E-state index in [0.29, 0.717) is 30.5 Å². The van der Waals surface area contributed by atoms with Gasteiger partial charge in [-0.25, -0.2) is 23.2 Å². The second-order valence-corrected chi connectivity index (χ2v) is 25.0.